The molecule has 1 aromatic rings. The third kappa shape index (κ3) is 3.90. The largest absolute Gasteiger partial charge is 0.481 e. The molecular formula is C10H10N2O5. The maximum atomic E-state index is 10.7. The molecule has 0 saturated carbocycles. The first-order chi connectivity index (χ1) is 8.00. The zero-order valence-corrected chi connectivity index (χ0v) is 8.99. The lowest BCUT2D eigenvalue weighted by molar-refractivity contribution is -0.390. The van der Waals surface area contributed by atoms with E-state index >= 15 is 0 Å². The van der Waals surface area contributed by atoms with Crippen molar-refractivity contribution in [2.75, 3.05) is 6.61 Å². The topological polar surface area (TPSA) is 103 Å². The number of pyridine rings is 1. The van der Waals surface area contributed by atoms with Crippen LogP contribution in [0, 0.1) is 17.0 Å². The van der Waals surface area contributed by atoms with Gasteiger partial charge in [-0.2, -0.15) is 0 Å². The van der Waals surface area contributed by atoms with Gasteiger partial charge in [0.05, 0.1) is 0 Å². The molecule has 0 bridgehead atoms. The van der Waals surface area contributed by atoms with Crippen LogP contribution in [0.1, 0.15) is 5.69 Å². The van der Waals surface area contributed by atoms with Crippen molar-refractivity contribution in [2.24, 2.45) is 0 Å². The number of hydrogen-bond donors (Lipinski definition) is 1. The average Bonchev–Trinajstić information content (AvgIpc) is 2.25. The van der Waals surface area contributed by atoms with Gasteiger partial charge < -0.3 is 20.0 Å². The van der Waals surface area contributed by atoms with Crippen LogP contribution in [0.3, 0.4) is 0 Å². The molecule has 0 radical (unpaired) electrons. The number of aryl methyl sites for hydroxylation is 1. The molecule has 0 saturated heterocycles. The smallest absolute Gasteiger partial charge is 0.406 e. The molecule has 1 rings (SSSR count). The van der Waals surface area contributed by atoms with E-state index in [1.165, 1.54) is 12.1 Å². The van der Waals surface area contributed by atoms with Crippen molar-refractivity contribution in [2.45, 2.75) is 6.92 Å². The Balaban J connectivity index is 2.77. The van der Waals surface area contributed by atoms with Crippen LogP contribution in [0.25, 0.3) is 0 Å². The molecule has 0 aliphatic heterocycles. The van der Waals surface area contributed by atoms with Crippen molar-refractivity contribution in [1.29, 1.82) is 0 Å². The van der Waals surface area contributed by atoms with Gasteiger partial charge in [0.15, 0.2) is 0 Å². The van der Waals surface area contributed by atoms with Gasteiger partial charge in [-0.3, -0.25) is 0 Å². The number of carbonyl (C=O) groups is 1. The maximum Gasteiger partial charge on any atom is 0.406 e. The Hall–Kier alpha value is -2.44. The second kappa shape index (κ2) is 5.59. The Labute approximate surface area is 96.5 Å². The fourth-order valence-corrected chi connectivity index (χ4v) is 1.06. The van der Waals surface area contributed by atoms with Gasteiger partial charge in [-0.1, -0.05) is 0 Å². The minimum absolute atomic E-state index is 0.00985. The molecule has 17 heavy (non-hydrogen) atoms. The Morgan fingerprint density at radius 2 is 2.35 bits per heavy atom. The SMILES string of the molecule is Cc1ccc(OCC=CC(=O)O)c([N+](=O)[O-])n1. The van der Waals surface area contributed by atoms with Gasteiger partial charge in [-0.05, 0) is 28.1 Å². The van der Waals surface area contributed by atoms with E-state index in [9.17, 15) is 14.9 Å². The van der Waals surface area contributed by atoms with Crippen LogP contribution < -0.4 is 4.74 Å². The first-order valence-corrected chi connectivity index (χ1v) is 4.65. The van der Waals surface area contributed by atoms with Crippen molar-refractivity contribution in [3.63, 3.8) is 0 Å². The minimum Gasteiger partial charge on any atom is -0.481 e. The first-order valence-electron chi connectivity index (χ1n) is 4.65. The van der Waals surface area contributed by atoms with E-state index in [0.717, 1.165) is 6.08 Å². The lowest BCUT2D eigenvalue weighted by atomic mass is 10.3. The van der Waals surface area contributed by atoms with Crippen LogP contribution in [0.2, 0.25) is 0 Å². The Bertz CT molecular complexity index is 470. The van der Waals surface area contributed by atoms with E-state index in [2.05, 4.69) is 4.98 Å². The second-order valence-electron chi connectivity index (χ2n) is 3.08. The molecule has 0 aromatic carbocycles. The van der Waals surface area contributed by atoms with Gasteiger partial charge >= 0.3 is 11.8 Å². The van der Waals surface area contributed by atoms with Crippen LogP contribution in [0.15, 0.2) is 24.3 Å². The fourth-order valence-electron chi connectivity index (χ4n) is 1.06. The highest BCUT2D eigenvalue weighted by Crippen LogP contribution is 2.24. The van der Waals surface area contributed by atoms with E-state index < -0.39 is 10.9 Å². The standard InChI is InChI=1S/C10H10N2O5/c1-7-4-5-8(10(11-7)12(15)16)17-6-2-3-9(13)14/h2-5H,6H2,1H3,(H,13,14). The third-order valence-corrected chi connectivity index (χ3v) is 1.75. The summed E-state index contributed by atoms with van der Waals surface area (Å²) in [7, 11) is 0. The van der Waals surface area contributed by atoms with E-state index in [0.29, 0.717) is 5.69 Å². The Morgan fingerprint density at radius 1 is 1.65 bits per heavy atom. The van der Waals surface area contributed by atoms with E-state index in [-0.39, 0.29) is 18.2 Å². The quantitative estimate of drug-likeness (QED) is 0.471. The fraction of sp³-hybridized carbons (Fsp3) is 0.200. The molecule has 0 unspecified atom stereocenters. The summed E-state index contributed by atoms with van der Waals surface area (Å²) in [5.41, 5.74) is 0.505. The molecule has 0 aliphatic carbocycles. The molecule has 1 heterocycles. The second-order valence-corrected chi connectivity index (χ2v) is 3.08. The summed E-state index contributed by atoms with van der Waals surface area (Å²) in [6, 6.07) is 3.00. The molecule has 7 nitrogen and oxygen atoms in total. The highest BCUT2D eigenvalue weighted by atomic mass is 16.6. The molecule has 7 heteroatoms. The van der Waals surface area contributed by atoms with Gasteiger partial charge in [-0.25, -0.2) is 4.79 Å². The van der Waals surface area contributed by atoms with Gasteiger partial charge in [0, 0.05) is 13.0 Å². The number of aliphatic carboxylic acids is 1. The highest BCUT2D eigenvalue weighted by Gasteiger charge is 2.16. The molecule has 0 atom stereocenters. The Morgan fingerprint density at radius 3 is 2.94 bits per heavy atom. The zero-order valence-electron chi connectivity index (χ0n) is 8.99. The summed E-state index contributed by atoms with van der Waals surface area (Å²) in [6.07, 6.45) is 2.14. The minimum atomic E-state index is -1.11. The summed E-state index contributed by atoms with van der Waals surface area (Å²) in [5, 5.41) is 19.0. The zero-order chi connectivity index (χ0) is 12.8. The van der Waals surface area contributed by atoms with Crippen LogP contribution in [-0.2, 0) is 4.79 Å². The van der Waals surface area contributed by atoms with Crippen molar-refractivity contribution >= 4 is 11.8 Å². The normalized spacial score (nSPS) is 10.4. The molecule has 1 aromatic heterocycles. The van der Waals surface area contributed by atoms with Gasteiger partial charge in [0.25, 0.3) is 0 Å². The molecule has 1 N–H and O–H groups in total. The van der Waals surface area contributed by atoms with Gasteiger partial charge in [-0.15, -0.1) is 0 Å². The Kier molecular flexibility index (Phi) is 4.15. The van der Waals surface area contributed by atoms with E-state index in [1.54, 1.807) is 13.0 Å². The molecule has 0 spiro atoms. The van der Waals surface area contributed by atoms with E-state index in [4.69, 9.17) is 9.84 Å². The average molecular weight is 238 g/mol. The first kappa shape index (κ1) is 12.6. The van der Waals surface area contributed by atoms with Crippen molar-refractivity contribution in [3.05, 3.63) is 40.1 Å². The number of carboxylic acids is 1. The number of ether oxygens (including phenoxy) is 1. The monoisotopic (exact) mass is 238 g/mol. The van der Waals surface area contributed by atoms with Crippen LogP contribution in [0.5, 0.6) is 5.75 Å². The number of aromatic nitrogens is 1. The predicted molar refractivity (Wildman–Crippen MR) is 57.9 cm³/mol. The third-order valence-electron chi connectivity index (χ3n) is 1.75. The summed E-state index contributed by atoms with van der Waals surface area (Å²) in [5.74, 6) is -1.48. The highest BCUT2D eigenvalue weighted by molar-refractivity contribution is 5.79. The predicted octanol–water partition coefficient (Wildman–Crippen LogP) is 1.32. The summed E-state index contributed by atoms with van der Waals surface area (Å²) >= 11 is 0. The number of hydrogen-bond acceptors (Lipinski definition) is 5. The summed E-state index contributed by atoms with van der Waals surface area (Å²) in [4.78, 5) is 23.9. The molecule has 0 amide bonds. The molecular weight excluding hydrogens is 228 g/mol. The number of nitro groups is 1. The van der Waals surface area contributed by atoms with Crippen LogP contribution in [-0.4, -0.2) is 27.6 Å². The van der Waals surface area contributed by atoms with Gasteiger partial charge in [0.2, 0.25) is 5.75 Å². The van der Waals surface area contributed by atoms with Crippen molar-refractivity contribution < 1.29 is 19.6 Å². The van der Waals surface area contributed by atoms with Crippen molar-refractivity contribution in [3.8, 4) is 5.75 Å². The molecule has 90 valence electrons. The van der Waals surface area contributed by atoms with Crippen LogP contribution in [0.4, 0.5) is 5.82 Å². The summed E-state index contributed by atoms with van der Waals surface area (Å²) < 4.78 is 5.05. The number of carboxylic acid groups (broad SMARTS) is 1. The lowest BCUT2D eigenvalue weighted by Crippen LogP contribution is -2.01. The van der Waals surface area contributed by atoms with Crippen LogP contribution >= 0.6 is 0 Å². The lowest BCUT2D eigenvalue weighted by Gasteiger charge is -2.03. The summed E-state index contributed by atoms with van der Waals surface area (Å²) in [6.45, 7) is 1.55. The molecule has 0 aliphatic rings. The molecule has 0 fully saturated rings. The number of nitrogens with zero attached hydrogens (tertiary/aromatic N) is 2. The number of rotatable bonds is 5. The van der Waals surface area contributed by atoms with E-state index in [1.807, 2.05) is 0 Å². The maximum absolute atomic E-state index is 10.7. The van der Waals surface area contributed by atoms with Gasteiger partial charge in [0.1, 0.15) is 12.3 Å². The van der Waals surface area contributed by atoms with Crippen molar-refractivity contribution in [1.82, 2.24) is 4.98 Å².